The van der Waals surface area contributed by atoms with Crippen LogP contribution in [-0.4, -0.2) is 24.3 Å². The normalized spacial score (nSPS) is 28.4. The fraction of sp³-hybridized carbons (Fsp3) is 1.00. The minimum atomic E-state index is 0.0465. The van der Waals surface area contributed by atoms with Gasteiger partial charge in [-0.1, -0.05) is 22.9 Å². The molecule has 0 aromatic heterocycles. The van der Waals surface area contributed by atoms with E-state index in [1.54, 1.807) is 0 Å². The molecule has 0 N–H and O–H groups in total. The first-order valence-electron chi connectivity index (χ1n) is 5.07. The Kier molecular flexibility index (Phi) is 5.29. The Bertz CT molecular complexity index is 135. The van der Waals surface area contributed by atoms with Gasteiger partial charge in [0.25, 0.3) is 0 Å². The fourth-order valence-corrected chi connectivity index (χ4v) is 1.84. The van der Waals surface area contributed by atoms with Crippen LogP contribution in [0.15, 0.2) is 0 Å². The third-order valence-electron chi connectivity index (χ3n) is 2.55. The van der Waals surface area contributed by atoms with Gasteiger partial charge in [0.2, 0.25) is 0 Å². The molecule has 0 amide bonds. The van der Waals surface area contributed by atoms with E-state index in [0.29, 0.717) is 5.92 Å². The number of hydrogen-bond acceptors (Lipinski definition) is 2. The van der Waals surface area contributed by atoms with Crippen molar-refractivity contribution in [1.82, 2.24) is 0 Å². The van der Waals surface area contributed by atoms with Gasteiger partial charge in [0, 0.05) is 11.9 Å². The summed E-state index contributed by atoms with van der Waals surface area (Å²) in [4.78, 5) is 0. The Morgan fingerprint density at radius 3 is 2.77 bits per heavy atom. The zero-order chi connectivity index (χ0) is 9.68. The zero-order valence-electron chi connectivity index (χ0n) is 8.46. The number of rotatable bonds is 4. The van der Waals surface area contributed by atoms with Gasteiger partial charge in [-0.3, -0.25) is 0 Å². The van der Waals surface area contributed by atoms with E-state index in [1.807, 2.05) is 0 Å². The SMILES string of the molecule is C[C@H](CBr)[C@H](C)OC1CCCCO1. The second-order valence-corrected chi connectivity index (χ2v) is 4.42. The summed E-state index contributed by atoms with van der Waals surface area (Å²) in [5.41, 5.74) is 0. The molecule has 13 heavy (non-hydrogen) atoms. The first kappa shape index (κ1) is 11.5. The molecule has 0 bridgehead atoms. The molecule has 1 fully saturated rings. The lowest BCUT2D eigenvalue weighted by molar-refractivity contribution is -0.191. The van der Waals surface area contributed by atoms with E-state index in [0.717, 1.165) is 18.4 Å². The van der Waals surface area contributed by atoms with Crippen LogP contribution >= 0.6 is 15.9 Å². The van der Waals surface area contributed by atoms with Crippen LogP contribution in [-0.2, 0) is 9.47 Å². The van der Waals surface area contributed by atoms with Gasteiger partial charge in [0.15, 0.2) is 6.29 Å². The van der Waals surface area contributed by atoms with E-state index in [-0.39, 0.29) is 12.4 Å². The Labute approximate surface area is 89.1 Å². The smallest absolute Gasteiger partial charge is 0.157 e. The van der Waals surface area contributed by atoms with Crippen LogP contribution in [0.5, 0.6) is 0 Å². The highest BCUT2D eigenvalue weighted by Crippen LogP contribution is 2.19. The molecule has 0 aromatic carbocycles. The zero-order valence-corrected chi connectivity index (χ0v) is 10.0. The summed E-state index contributed by atoms with van der Waals surface area (Å²) in [5, 5.41) is 0.987. The molecule has 0 aromatic rings. The van der Waals surface area contributed by atoms with Gasteiger partial charge in [-0.15, -0.1) is 0 Å². The highest BCUT2D eigenvalue weighted by Gasteiger charge is 2.19. The van der Waals surface area contributed by atoms with Crippen molar-refractivity contribution in [1.29, 1.82) is 0 Å². The Balaban J connectivity index is 2.21. The lowest BCUT2D eigenvalue weighted by Gasteiger charge is -2.28. The highest BCUT2D eigenvalue weighted by molar-refractivity contribution is 9.09. The van der Waals surface area contributed by atoms with Crippen molar-refractivity contribution < 1.29 is 9.47 Å². The summed E-state index contributed by atoms with van der Waals surface area (Å²) in [6, 6.07) is 0. The Morgan fingerprint density at radius 1 is 1.46 bits per heavy atom. The molecule has 0 radical (unpaired) electrons. The second kappa shape index (κ2) is 5.99. The maximum atomic E-state index is 5.79. The number of halogens is 1. The van der Waals surface area contributed by atoms with Gasteiger partial charge in [-0.2, -0.15) is 0 Å². The molecule has 78 valence electrons. The van der Waals surface area contributed by atoms with E-state index >= 15 is 0 Å². The summed E-state index contributed by atoms with van der Waals surface area (Å²) in [6.07, 6.45) is 3.80. The summed E-state index contributed by atoms with van der Waals surface area (Å²) in [6.45, 7) is 5.16. The molecule has 0 aliphatic carbocycles. The third-order valence-corrected chi connectivity index (χ3v) is 3.57. The minimum Gasteiger partial charge on any atom is -0.353 e. The first-order chi connectivity index (χ1) is 6.24. The Hall–Kier alpha value is 0.400. The molecule has 0 saturated carbocycles. The molecule has 1 heterocycles. The quantitative estimate of drug-likeness (QED) is 0.715. The van der Waals surface area contributed by atoms with E-state index in [9.17, 15) is 0 Å². The van der Waals surface area contributed by atoms with Crippen LogP contribution < -0.4 is 0 Å². The number of alkyl halides is 1. The van der Waals surface area contributed by atoms with Crippen LogP contribution in [0.4, 0.5) is 0 Å². The highest BCUT2D eigenvalue weighted by atomic mass is 79.9. The van der Waals surface area contributed by atoms with Crippen molar-refractivity contribution in [2.24, 2.45) is 5.92 Å². The monoisotopic (exact) mass is 250 g/mol. The summed E-state index contributed by atoms with van der Waals surface area (Å²) in [5.74, 6) is 0.547. The second-order valence-electron chi connectivity index (χ2n) is 3.77. The molecular weight excluding hydrogens is 232 g/mol. The Morgan fingerprint density at radius 2 is 2.23 bits per heavy atom. The molecular formula is C10H19BrO2. The van der Waals surface area contributed by atoms with Crippen LogP contribution in [0.3, 0.4) is 0 Å². The largest absolute Gasteiger partial charge is 0.353 e. The summed E-state index contributed by atoms with van der Waals surface area (Å²) >= 11 is 3.46. The lowest BCUT2D eigenvalue weighted by Crippen LogP contribution is -2.30. The lowest BCUT2D eigenvalue weighted by atomic mass is 10.1. The van der Waals surface area contributed by atoms with Gasteiger partial charge >= 0.3 is 0 Å². The predicted molar refractivity (Wildman–Crippen MR) is 57.1 cm³/mol. The predicted octanol–water partition coefficient (Wildman–Crippen LogP) is 2.95. The van der Waals surface area contributed by atoms with Crippen LogP contribution in [0, 0.1) is 5.92 Å². The molecule has 0 spiro atoms. The maximum Gasteiger partial charge on any atom is 0.157 e. The third kappa shape index (κ3) is 3.96. The van der Waals surface area contributed by atoms with Crippen molar-refractivity contribution in [3.05, 3.63) is 0 Å². The van der Waals surface area contributed by atoms with Gasteiger partial charge in [-0.25, -0.2) is 0 Å². The van der Waals surface area contributed by atoms with Crippen molar-refractivity contribution in [2.45, 2.75) is 45.5 Å². The summed E-state index contributed by atoms with van der Waals surface area (Å²) in [7, 11) is 0. The van der Waals surface area contributed by atoms with Gasteiger partial charge in [0.1, 0.15) is 0 Å². The maximum absolute atomic E-state index is 5.79. The topological polar surface area (TPSA) is 18.5 Å². The fourth-order valence-electron chi connectivity index (χ4n) is 1.32. The van der Waals surface area contributed by atoms with E-state index < -0.39 is 0 Å². The van der Waals surface area contributed by atoms with Crippen molar-refractivity contribution >= 4 is 15.9 Å². The average molecular weight is 251 g/mol. The molecule has 1 rings (SSSR count). The standard InChI is InChI=1S/C10H19BrO2/c1-8(7-11)9(2)13-10-5-3-4-6-12-10/h8-10H,3-7H2,1-2H3/t8-,9+,10?/m1/s1. The minimum absolute atomic E-state index is 0.0465. The molecule has 1 aliphatic rings. The average Bonchev–Trinajstić information content (AvgIpc) is 2.18. The van der Waals surface area contributed by atoms with E-state index in [1.165, 1.54) is 12.8 Å². The molecule has 1 unspecified atom stereocenters. The number of hydrogen-bond donors (Lipinski definition) is 0. The molecule has 1 aliphatic heterocycles. The van der Waals surface area contributed by atoms with E-state index in [4.69, 9.17) is 9.47 Å². The molecule has 3 atom stereocenters. The van der Waals surface area contributed by atoms with Crippen molar-refractivity contribution in [2.75, 3.05) is 11.9 Å². The van der Waals surface area contributed by atoms with Crippen molar-refractivity contribution in [3.63, 3.8) is 0 Å². The molecule has 1 saturated heterocycles. The number of ether oxygens (including phenoxy) is 2. The summed E-state index contributed by atoms with van der Waals surface area (Å²) < 4.78 is 11.3. The molecule has 3 heteroatoms. The first-order valence-corrected chi connectivity index (χ1v) is 6.19. The van der Waals surface area contributed by atoms with Crippen LogP contribution in [0.1, 0.15) is 33.1 Å². The van der Waals surface area contributed by atoms with Crippen molar-refractivity contribution in [3.8, 4) is 0 Å². The van der Waals surface area contributed by atoms with Gasteiger partial charge in [0.05, 0.1) is 6.10 Å². The van der Waals surface area contributed by atoms with Gasteiger partial charge < -0.3 is 9.47 Å². The van der Waals surface area contributed by atoms with Gasteiger partial charge in [-0.05, 0) is 32.1 Å². The van der Waals surface area contributed by atoms with Crippen LogP contribution in [0.2, 0.25) is 0 Å². The van der Waals surface area contributed by atoms with Crippen LogP contribution in [0.25, 0.3) is 0 Å². The molecule has 2 nitrogen and oxygen atoms in total. The van der Waals surface area contributed by atoms with E-state index in [2.05, 4.69) is 29.8 Å².